The van der Waals surface area contributed by atoms with E-state index >= 15 is 0 Å². The molecule has 48 heavy (non-hydrogen) atoms. The van der Waals surface area contributed by atoms with Crippen LogP contribution in [0.25, 0.3) is 0 Å². The lowest BCUT2D eigenvalue weighted by atomic mass is 9.82. The molecular formula is C41H42O7. The minimum Gasteiger partial charge on any atom is -0.374 e. The predicted octanol–water partition coefficient (Wildman–Crippen LogP) is 6.99. The SMILES string of the molecule is CC1=C2CO[C@]3(OC(COCc4ccccc4)[C@@H](OCc4ccccc4)C(OCc4ccccc4)C3OCc3ccccc3)C2CC1=O. The van der Waals surface area contributed by atoms with Gasteiger partial charge >= 0.3 is 0 Å². The fourth-order valence-electron chi connectivity index (χ4n) is 7.05. The molecular weight excluding hydrogens is 604 g/mol. The summed E-state index contributed by atoms with van der Waals surface area (Å²) in [4.78, 5) is 13.1. The predicted molar refractivity (Wildman–Crippen MR) is 181 cm³/mol. The molecule has 2 heterocycles. The Balaban J connectivity index is 1.26. The summed E-state index contributed by atoms with van der Waals surface area (Å²) in [5.41, 5.74) is 5.86. The number of ketones is 1. The van der Waals surface area contributed by atoms with Gasteiger partial charge in [0.1, 0.15) is 24.4 Å². The van der Waals surface area contributed by atoms with Crippen LogP contribution in [0, 0.1) is 5.92 Å². The first-order valence-corrected chi connectivity index (χ1v) is 16.7. The summed E-state index contributed by atoms with van der Waals surface area (Å²) in [6.45, 7) is 3.82. The number of Topliss-reactive ketones (excluding diaryl/α,β-unsaturated/α-hetero) is 1. The zero-order valence-electron chi connectivity index (χ0n) is 27.2. The number of carbonyl (C=O) groups is 1. The van der Waals surface area contributed by atoms with Crippen molar-refractivity contribution in [2.75, 3.05) is 13.2 Å². The fraction of sp³-hybridized carbons (Fsp3) is 0.341. The van der Waals surface area contributed by atoms with E-state index in [1.165, 1.54) is 0 Å². The molecule has 0 saturated carbocycles. The normalized spacial score (nSPS) is 26.7. The minimum atomic E-state index is -1.27. The van der Waals surface area contributed by atoms with Gasteiger partial charge in [-0.3, -0.25) is 4.79 Å². The lowest BCUT2D eigenvalue weighted by molar-refractivity contribution is -0.381. The summed E-state index contributed by atoms with van der Waals surface area (Å²) in [6.07, 6.45) is -2.19. The molecule has 0 amide bonds. The van der Waals surface area contributed by atoms with Crippen molar-refractivity contribution in [1.29, 1.82) is 0 Å². The van der Waals surface area contributed by atoms with Crippen LogP contribution in [0.3, 0.4) is 0 Å². The Morgan fingerprint density at radius 1 is 0.646 bits per heavy atom. The van der Waals surface area contributed by atoms with E-state index in [0.717, 1.165) is 33.4 Å². The molecule has 7 rings (SSSR count). The van der Waals surface area contributed by atoms with Crippen molar-refractivity contribution in [2.45, 2.75) is 70.0 Å². The van der Waals surface area contributed by atoms with Crippen LogP contribution in [0.5, 0.6) is 0 Å². The van der Waals surface area contributed by atoms with E-state index in [4.69, 9.17) is 28.4 Å². The maximum absolute atomic E-state index is 13.1. The Morgan fingerprint density at radius 3 is 1.67 bits per heavy atom. The third-order valence-corrected chi connectivity index (χ3v) is 9.61. The molecule has 2 aliphatic heterocycles. The molecule has 4 aromatic carbocycles. The van der Waals surface area contributed by atoms with Gasteiger partial charge < -0.3 is 28.4 Å². The van der Waals surface area contributed by atoms with E-state index in [9.17, 15) is 4.79 Å². The monoisotopic (exact) mass is 646 g/mol. The quantitative estimate of drug-likeness (QED) is 0.155. The number of ether oxygens (including phenoxy) is 6. The smallest absolute Gasteiger partial charge is 0.205 e. The molecule has 1 spiro atoms. The molecule has 7 heteroatoms. The maximum Gasteiger partial charge on any atom is 0.205 e. The van der Waals surface area contributed by atoms with Crippen molar-refractivity contribution in [1.82, 2.24) is 0 Å². The lowest BCUT2D eigenvalue weighted by Crippen LogP contribution is -2.69. The summed E-state index contributed by atoms with van der Waals surface area (Å²) in [5.74, 6) is -1.46. The molecule has 0 aromatic heterocycles. The van der Waals surface area contributed by atoms with E-state index in [-0.39, 0.29) is 18.3 Å². The standard InChI is InChI=1S/C41H42O7/c1-29-34-27-47-41(35(34)22-36(29)42)40(46-26-33-20-12-5-13-21-33)39(45-25-32-18-10-4-11-19-32)38(44-24-31-16-8-3-9-17-31)37(48-41)28-43-23-30-14-6-2-7-15-30/h2-21,35,37-40H,22-28H2,1H3/t35?,37?,38-,39?,40?,41+/m1/s1. The van der Waals surface area contributed by atoms with E-state index in [1.54, 1.807) is 0 Å². The molecule has 1 aliphatic carbocycles. The highest BCUT2D eigenvalue weighted by molar-refractivity contribution is 5.99. The Hall–Kier alpha value is -3.95. The summed E-state index contributed by atoms with van der Waals surface area (Å²) < 4.78 is 40.7. The summed E-state index contributed by atoms with van der Waals surface area (Å²) in [7, 11) is 0. The van der Waals surface area contributed by atoms with Crippen LogP contribution in [0.4, 0.5) is 0 Å². The van der Waals surface area contributed by atoms with Crippen molar-refractivity contribution in [2.24, 2.45) is 5.92 Å². The van der Waals surface area contributed by atoms with Crippen molar-refractivity contribution in [3.63, 3.8) is 0 Å². The van der Waals surface area contributed by atoms with Gasteiger partial charge in [0.05, 0.1) is 39.6 Å². The second-order valence-electron chi connectivity index (χ2n) is 12.7. The number of hydrogen-bond donors (Lipinski definition) is 0. The topological polar surface area (TPSA) is 72.5 Å². The Kier molecular flexibility index (Phi) is 10.2. The Labute approximate surface area is 282 Å². The molecule has 248 valence electrons. The van der Waals surface area contributed by atoms with Crippen LogP contribution in [0.1, 0.15) is 35.6 Å². The Bertz CT molecular complexity index is 1660. The third-order valence-electron chi connectivity index (χ3n) is 9.61. The number of allylic oxidation sites excluding steroid dienone is 1. The first-order valence-electron chi connectivity index (χ1n) is 16.7. The summed E-state index contributed by atoms with van der Waals surface area (Å²) in [5, 5.41) is 0. The van der Waals surface area contributed by atoms with Crippen LogP contribution in [0.15, 0.2) is 132 Å². The van der Waals surface area contributed by atoms with Gasteiger partial charge in [0, 0.05) is 12.3 Å². The van der Waals surface area contributed by atoms with Gasteiger partial charge in [-0.15, -0.1) is 0 Å². The van der Waals surface area contributed by atoms with Crippen molar-refractivity contribution in [3.8, 4) is 0 Å². The highest BCUT2D eigenvalue weighted by Gasteiger charge is 2.65. The lowest BCUT2D eigenvalue weighted by Gasteiger charge is -2.52. The number of rotatable bonds is 13. The number of carbonyl (C=O) groups excluding carboxylic acids is 1. The third kappa shape index (κ3) is 7.08. The van der Waals surface area contributed by atoms with Gasteiger partial charge in [-0.1, -0.05) is 121 Å². The molecule has 4 unspecified atom stereocenters. The molecule has 3 aliphatic rings. The van der Waals surface area contributed by atoms with Crippen LogP contribution in [-0.4, -0.2) is 49.2 Å². The van der Waals surface area contributed by atoms with Crippen molar-refractivity contribution >= 4 is 5.78 Å². The van der Waals surface area contributed by atoms with E-state index in [2.05, 4.69) is 0 Å². The van der Waals surface area contributed by atoms with Gasteiger partial charge in [-0.2, -0.15) is 0 Å². The van der Waals surface area contributed by atoms with Crippen LogP contribution in [0.2, 0.25) is 0 Å². The average molecular weight is 647 g/mol. The molecule has 2 saturated heterocycles. The highest BCUT2D eigenvalue weighted by atomic mass is 16.7. The zero-order valence-corrected chi connectivity index (χ0v) is 27.2. The number of hydrogen-bond acceptors (Lipinski definition) is 7. The van der Waals surface area contributed by atoms with Gasteiger partial charge in [-0.25, -0.2) is 0 Å². The van der Waals surface area contributed by atoms with Gasteiger partial charge in [0.25, 0.3) is 0 Å². The van der Waals surface area contributed by atoms with Gasteiger partial charge in [0.2, 0.25) is 5.79 Å². The van der Waals surface area contributed by atoms with Crippen molar-refractivity contribution in [3.05, 3.63) is 155 Å². The summed E-state index contributed by atoms with van der Waals surface area (Å²) >= 11 is 0. The largest absolute Gasteiger partial charge is 0.374 e. The summed E-state index contributed by atoms with van der Waals surface area (Å²) in [6, 6.07) is 40.2. The fourth-order valence-corrected chi connectivity index (χ4v) is 7.05. The van der Waals surface area contributed by atoms with Crippen LogP contribution in [-0.2, 0) is 59.6 Å². The van der Waals surface area contributed by atoms with E-state index < -0.39 is 30.2 Å². The first-order chi connectivity index (χ1) is 23.6. The molecule has 6 atom stereocenters. The van der Waals surface area contributed by atoms with Crippen LogP contribution >= 0.6 is 0 Å². The number of fused-ring (bicyclic) bond motifs is 2. The second-order valence-corrected chi connectivity index (χ2v) is 12.7. The van der Waals surface area contributed by atoms with Crippen molar-refractivity contribution < 1.29 is 33.2 Å². The second kappa shape index (κ2) is 15.1. The van der Waals surface area contributed by atoms with Crippen LogP contribution < -0.4 is 0 Å². The molecule has 0 N–H and O–H groups in total. The molecule has 4 aromatic rings. The molecule has 0 radical (unpaired) electrons. The first kappa shape index (κ1) is 32.6. The molecule has 7 nitrogen and oxygen atoms in total. The highest BCUT2D eigenvalue weighted by Crippen LogP contribution is 2.52. The molecule has 2 fully saturated rings. The number of benzene rings is 4. The van der Waals surface area contributed by atoms with E-state index in [0.29, 0.717) is 39.5 Å². The van der Waals surface area contributed by atoms with E-state index in [1.807, 2.05) is 128 Å². The molecule has 0 bridgehead atoms. The van der Waals surface area contributed by atoms with Gasteiger partial charge in [0.15, 0.2) is 5.78 Å². The van der Waals surface area contributed by atoms with Gasteiger partial charge in [-0.05, 0) is 40.3 Å². The minimum absolute atomic E-state index is 0.115. The maximum atomic E-state index is 13.1. The Morgan fingerprint density at radius 2 is 1.12 bits per heavy atom. The average Bonchev–Trinajstić information content (AvgIpc) is 3.63. The zero-order chi connectivity index (χ0) is 32.8.